The summed E-state index contributed by atoms with van der Waals surface area (Å²) in [6.45, 7) is 6.75. The van der Waals surface area contributed by atoms with Crippen LogP contribution in [-0.2, 0) is 9.59 Å². The van der Waals surface area contributed by atoms with Crippen molar-refractivity contribution in [2.75, 3.05) is 38.0 Å². The summed E-state index contributed by atoms with van der Waals surface area (Å²) in [4.78, 5) is 27.1. The number of halogens is 1. The molecule has 22 heavy (non-hydrogen) atoms. The van der Waals surface area contributed by atoms with Crippen molar-refractivity contribution in [2.45, 2.75) is 20.3 Å². The van der Waals surface area contributed by atoms with Gasteiger partial charge in [-0.2, -0.15) is 0 Å². The highest BCUT2D eigenvalue weighted by Gasteiger charge is 2.21. The van der Waals surface area contributed by atoms with Gasteiger partial charge in [0.25, 0.3) is 0 Å². The van der Waals surface area contributed by atoms with Crippen LogP contribution < -0.4 is 5.32 Å². The van der Waals surface area contributed by atoms with E-state index in [0.29, 0.717) is 39.1 Å². The number of piperazine rings is 1. The Morgan fingerprint density at radius 3 is 2.41 bits per heavy atom. The average Bonchev–Trinajstić information content (AvgIpc) is 2.49. The lowest BCUT2D eigenvalue weighted by Gasteiger charge is -2.34. The fourth-order valence-corrected chi connectivity index (χ4v) is 3.13. The fraction of sp³-hybridized carbons (Fsp3) is 0.500. The van der Waals surface area contributed by atoms with Gasteiger partial charge in [0, 0.05) is 56.2 Å². The lowest BCUT2D eigenvalue weighted by molar-refractivity contribution is -0.138. The molecule has 1 aromatic rings. The Bertz CT molecular complexity index is 554. The van der Waals surface area contributed by atoms with Gasteiger partial charge < -0.3 is 15.1 Å². The van der Waals surface area contributed by atoms with Gasteiger partial charge in [-0.1, -0.05) is 6.07 Å². The number of rotatable bonds is 4. The summed E-state index contributed by atoms with van der Waals surface area (Å²) in [7, 11) is 0. The van der Waals surface area contributed by atoms with Crippen LogP contribution in [0.15, 0.2) is 22.7 Å². The number of carbonyl (C=O) groups is 2. The maximum atomic E-state index is 12.2. The van der Waals surface area contributed by atoms with E-state index in [2.05, 4.69) is 21.2 Å². The predicted molar refractivity (Wildman–Crippen MR) is 90.8 cm³/mol. The number of benzene rings is 1. The molecular formula is C16H22BrN3O2. The van der Waals surface area contributed by atoms with E-state index in [-0.39, 0.29) is 11.8 Å². The Hall–Kier alpha value is -1.56. The molecule has 120 valence electrons. The van der Waals surface area contributed by atoms with Crippen molar-refractivity contribution in [3.05, 3.63) is 28.2 Å². The second-order valence-electron chi connectivity index (χ2n) is 5.55. The van der Waals surface area contributed by atoms with Crippen LogP contribution in [0, 0.1) is 6.92 Å². The molecule has 1 heterocycles. The number of nitrogens with zero attached hydrogens (tertiary/aromatic N) is 2. The van der Waals surface area contributed by atoms with Gasteiger partial charge in [0.1, 0.15) is 0 Å². The van der Waals surface area contributed by atoms with Gasteiger partial charge in [-0.15, -0.1) is 0 Å². The van der Waals surface area contributed by atoms with Gasteiger partial charge in [-0.25, -0.2) is 0 Å². The summed E-state index contributed by atoms with van der Waals surface area (Å²) in [5.74, 6) is 0.219. The van der Waals surface area contributed by atoms with Crippen LogP contribution in [0.4, 0.5) is 5.69 Å². The molecular weight excluding hydrogens is 346 g/mol. The number of hydrogen-bond acceptors (Lipinski definition) is 3. The third-order valence-corrected chi connectivity index (χ3v) is 4.51. The topological polar surface area (TPSA) is 52.7 Å². The predicted octanol–water partition coefficient (Wildman–Crippen LogP) is 2.25. The normalized spacial score (nSPS) is 14.9. The molecule has 0 unspecified atom stereocenters. The molecule has 0 bridgehead atoms. The molecule has 0 radical (unpaired) electrons. The second-order valence-corrected chi connectivity index (χ2v) is 6.40. The van der Waals surface area contributed by atoms with E-state index in [1.54, 1.807) is 11.8 Å². The van der Waals surface area contributed by atoms with Crippen molar-refractivity contribution in [1.29, 1.82) is 0 Å². The molecule has 0 spiro atoms. The first-order valence-electron chi connectivity index (χ1n) is 7.50. The standard InChI is InChI=1S/C16H22BrN3O2/c1-12-3-4-15(14(17)11-12)18-6-5-16(22)20-9-7-19(8-10-20)13(2)21/h3-4,11,18H,5-10H2,1-2H3. The van der Waals surface area contributed by atoms with E-state index >= 15 is 0 Å². The van der Waals surface area contributed by atoms with E-state index in [4.69, 9.17) is 0 Å². The van der Waals surface area contributed by atoms with Crippen molar-refractivity contribution in [3.8, 4) is 0 Å². The fourth-order valence-electron chi connectivity index (χ4n) is 2.50. The first kappa shape index (κ1) is 16.8. The summed E-state index contributed by atoms with van der Waals surface area (Å²) >= 11 is 3.52. The molecule has 1 fully saturated rings. The summed E-state index contributed by atoms with van der Waals surface area (Å²) in [5.41, 5.74) is 2.19. The van der Waals surface area contributed by atoms with Gasteiger partial charge in [0.05, 0.1) is 0 Å². The molecule has 6 heteroatoms. The molecule has 2 rings (SSSR count). The molecule has 1 aliphatic rings. The summed E-state index contributed by atoms with van der Waals surface area (Å²) < 4.78 is 1.01. The molecule has 0 aromatic heterocycles. The first-order valence-corrected chi connectivity index (χ1v) is 8.30. The Morgan fingerprint density at radius 2 is 1.82 bits per heavy atom. The smallest absolute Gasteiger partial charge is 0.224 e. The molecule has 0 saturated carbocycles. The highest BCUT2D eigenvalue weighted by molar-refractivity contribution is 9.10. The van der Waals surface area contributed by atoms with Gasteiger partial charge in [0.2, 0.25) is 11.8 Å². The van der Waals surface area contributed by atoms with Crippen molar-refractivity contribution in [3.63, 3.8) is 0 Å². The number of amides is 2. The molecule has 0 aliphatic carbocycles. The van der Waals surface area contributed by atoms with Crippen LogP contribution in [0.2, 0.25) is 0 Å². The van der Waals surface area contributed by atoms with Gasteiger partial charge >= 0.3 is 0 Å². The minimum absolute atomic E-state index is 0.0815. The lowest BCUT2D eigenvalue weighted by atomic mass is 10.2. The molecule has 1 saturated heterocycles. The van der Waals surface area contributed by atoms with Crippen molar-refractivity contribution in [2.24, 2.45) is 0 Å². The zero-order valence-corrected chi connectivity index (χ0v) is 14.6. The summed E-state index contributed by atoms with van der Waals surface area (Å²) in [5, 5.41) is 3.28. The van der Waals surface area contributed by atoms with Crippen LogP contribution in [-0.4, -0.2) is 54.3 Å². The maximum absolute atomic E-state index is 12.2. The molecule has 2 amide bonds. The highest BCUT2D eigenvalue weighted by Crippen LogP contribution is 2.23. The van der Waals surface area contributed by atoms with Crippen LogP contribution in [0.25, 0.3) is 0 Å². The van der Waals surface area contributed by atoms with E-state index < -0.39 is 0 Å². The Labute approximate surface area is 139 Å². The van der Waals surface area contributed by atoms with E-state index in [9.17, 15) is 9.59 Å². The number of hydrogen-bond donors (Lipinski definition) is 1. The highest BCUT2D eigenvalue weighted by atomic mass is 79.9. The van der Waals surface area contributed by atoms with Crippen LogP contribution in [0.1, 0.15) is 18.9 Å². The summed E-state index contributed by atoms with van der Waals surface area (Å²) in [6, 6.07) is 6.09. The van der Waals surface area contributed by atoms with Crippen molar-refractivity contribution < 1.29 is 9.59 Å². The summed E-state index contributed by atoms with van der Waals surface area (Å²) in [6.07, 6.45) is 0.459. The van der Waals surface area contributed by atoms with Crippen LogP contribution in [0.3, 0.4) is 0 Å². The molecule has 5 nitrogen and oxygen atoms in total. The number of aryl methyl sites for hydroxylation is 1. The Morgan fingerprint density at radius 1 is 1.18 bits per heavy atom. The minimum atomic E-state index is 0.0815. The lowest BCUT2D eigenvalue weighted by Crippen LogP contribution is -2.50. The second kappa shape index (κ2) is 7.63. The Kier molecular flexibility index (Phi) is 5.83. The third kappa shape index (κ3) is 4.47. The van der Waals surface area contributed by atoms with Crippen LogP contribution >= 0.6 is 15.9 Å². The first-order chi connectivity index (χ1) is 10.5. The van der Waals surface area contributed by atoms with Gasteiger partial charge in [0.15, 0.2) is 0 Å². The molecule has 1 aromatic carbocycles. The van der Waals surface area contributed by atoms with Gasteiger partial charge in [-0.05, 0) is 40.5 Å². The van der Waals surface area contributed by atoms with Gasteiger partial charge in [-0.3, -0.25) is 9.59 Å². The van der Waals surface area contributed by atoms with Crippen LogP contribution in [0.5, 0.6) is 0 Å². The third-order valence-electron chi connectivity index (χ3n) is 3.86. The van der Waals surface area contributed by atoms with Crippen molar-refractivity contribution in [1.82, 2.24) is 9.80 Å². The molecule has 1 aliphatic heterocycles. The average molecular weight is 368 g/mol. The number of carbonyl (C=O) groups excluding carboxylic acids is 2. The quantitative estimate of drug-likeness (QED) is 0.887. The maximum Gasteiger partial charge on any atom is 0.224 e. The number of anilines is 1. The largest absolute Gasteiger partial charge is 0.384 e. The SMILES string of the molecule is CC(=O)N1CCN(C(=O)CCNc2ccc(C)cc2Br)CC1. The molecule has 0 atom stereocenters. The van der Waals surface area contributed by atoms with E-state index in [1.165, 1.54) is 5.56 Å². The molecule has 1 N–H and O–H groups in total. The number of nitrogens with one attached hydrogen (secondary N) is 1. The van der Waals surface area contributed by atoms with E-state index in [0.717, 1.165) is 10.2 Å². The minimum Gasteiger partial charge on any atom is -0.384 e. The zero-order valence-electron chi connectivity index (χ0n) is 13.1. The van der Waals surface area contributed by atoms with E-state index in [1.807, 2.05) is 30.0 Å². The zero-order chi connectivity index (χ0) is 16.1. The Balaban J connectivity index is 1.75. The monoisotopic (exact) mass is 367 g/mol. The van der Waals surface area contributed by atoms with Crippen molar-refractivity contribution >= 4 is 33.4 Å².